The van der Waals surface area contributed by atoms with Crippen LogP contribution in [0.3, 0.4) is 0 Å². The highest BCUT2D eigenvalue weighted by molar-refractivity contribution is 7.12. The van der Waals surface area contributed by atoms with Crippen LogP contribution in [0.2, 0.25) is 0 Å². The fraction of sp³-hybridized carbons (Fsp3) is 0.333. The summed E-state index contributed by atoms with van der Waals surface area (Å²) in [6.07, 6.45) is 6.97. The van der Waals surface area contributed by atoms with E-state index in [1.807, 2.05) is 41.8 Å². The highest BCUT2D eigenvalue weighted by atomic mass is 32.1. The van der Waals surface area contributed by atoms with Gasteiger partial charge in [0.25, 0.3) is 11.8 Å². The van der Waals surface area contributed by atoms with Crippen LogP contribution in [0.15, 0.2) is 70.7 Å². The van der Waals surface area contributed by atoms with Gasteiger partial charge in [0.05, 0.1) is 11.1 Å². The number of thiophene rings is 1. The lowest BCUT2D eigenvalue weighted by Crippen LogP contribution is -2.46. The number of hydrogen-bond donors (Lipinski definition) is 1. The lowest BCUT2D eigenvalue weighted by Gasteiger charge is -2.32. The highest BCUT2D eigenvalue weighted by Gasteiger charge is 2.35. The first-order chi connectivity index (χ1) is 14.7. The molecule has 2 heterocycles. The van der Waals surface area contributed by atoms with Crippen molar-refractivity contribution in [1.29, 1.82) is 0 Å². The smallest absolute Gasteiger partial charge is 0.265 e. The second kappa shape index (κ2) is 9.76. The molecule has 0 radical (unpaired) electrons. The third-order valence-electron chi connectivity index (χ3n) is 5.51. The summed E-state index contributed by atoms with van der Waals surface area (Å²) in [5.41, 5.74) is 0.962. The quantitative estimate of drug-likeness (QED) is 0.571. The molecular formula is C24H26N2O3S. The molecule has 0 unspecified atom stereocenters. The van der Waals surface area contributed by atoms with Gasteiger partial charge < -0.3 is 14.6 Å². The molecule has 0 bridgehead atoms. The van der Waals surface area contributed by atoms with Gasteiger partial charge in [-0.25, -0.2) is 0 Å². The predicted octanol–water partition coefficient (Wildman–Crippen LogP) is 5.17. The number of rotatable bonds is 7. The third kappa shape index (κ3) is 4.82. The standard InChI is InChI=1S/C24H26N2O3S/c27-23(25-19-11-5-2-6-12-19)22(20-13-7-15-29-20)26(17-18-9-3-1-4-10-18)24(28)21-14-8-16-30-21/h1,3-4,7-10,13-16,19,22H,2,5-6,11-12,17H2,(H,25,27)/t22-/m1/s1. The Morgan fingerprint density at radius 3 is 2.50 bits per heavy atom. The van der Waals surface area contributed by atoms with Crippen molar-refractivity contribution in [2.45, 2.75) is 50.7 Å². The molecule has 30 heavy (non-hydrogen) atoms. The first-order valence-corrected chi connectivity index (χ1v) is 11.3. The molecule has 0 aliphatic heterocycles. The maximum absolute atomic E-state index is 13.5. The van der Waals surface area contributed by atoms with E-state index in [0.717, 1.165) is 31.2 Å². The minimum Gasteiger partial charge on any atom is -0.467 e. The minimum atomic E-state index is -0.822. The molecule has 4 rings (SSSR count). The predicted molar refractivity (Wildman–Crippen MR) is 117 cm³/mol. The molecule has 2 aromatic heterocycles. The van der Waals surface area contributed by atoms with Crippen LogP contribution in [0.4, 0.5) is 0 Å². The zero-order valence-electron chi connectivity index (χ0n) is 16.8. The van der Waals surface area contributed by atoms with Crippen LogP contribution >= 0.6 is 11.3 Å². The van der Waals surface area contributed by atoms with E-state index >= 15 is 0 Å². The molecule has 3 aromatic rings. The minimum absolute atomic E-state index is 0.152. The first kappa shape index (κ1) is 20.4. The second-order valence-corrected chi connectivity index (χ2v) is 8.61. The van der Waals surface area contributed by atoms with E-state index in [-0.39, 0.29) is 17.9 Å². The number of benzene rings is 1. The van der Waals surface area contributed by atoms with Crippen molar-refractivity contribution in [3.8, 4) is 0 Å². The maximum atomic E-state index is 13.5. The first-order valence-electron chi connectivity index (χ1n) is 10.4. The molecule has 1 saturated carbocycles. The molecule has 0 saturated heterocycles. The Bertz CT molecular complexity index is 932. The summed E-state index contributed by atoms with van der Waals surface area (Å²) < 4.78 is 5.64. The van der Waals surface area contributed by atoms with E-state index in [4.69, 9.17) is 4.42 Å². The van der Waals surface area contributed by atoms with Gasteiger partial charge in [-0.3, -0.25) is 9.59 Å². The van der Waals surface area contributed by atoms with Crippen LogP contribution in [-0.4, -0.2) is 22.8 Å². The zero-order chi connectivity index (χ0) is 20.8. The Kier molecular flexibility index (Phi) is 6.64. The third-order valence-corrected chi connectivity index (χ3v) is 6.37. The molecule has 1 aromatic carbocycles. The summed E-state index contributed by atoms with van der Waals surface area (Å²) in [5.74, 6) is 0.121. The molecule has 1 aliphatic carbocycles. The van der Waals surface area contributed by atoms with E-state index in [1.165, 1.54) is 17.8 Å². The molecule has 156 valence electrons. The lowest BCUT2D eigenvalue weighted by atomic mass is 9.95. The summed E-state index contributed by atoms with van der Waals surface area (Å²) in [5, 5.41) is 5.06. The molecular weight excluding hydrogens is 396 g/mol. The molecule has 1 fully saturated rings. The summed E-state index contributed by atoms with van der Waals surface area (Å²) in [7, 11) is 0. The SMILES string of the molecule is O=C(NC1CCCCC1)[C@@H](c1ccco1)N(Cc1ccccc1)C(=O)c1cccs1. The van der Waals surface area contributed by atoms with E-state index < -0.39 is 6.04 Å². The largest absolute Gasteiger partial charge is 0.467 e. The van der Waals surface area contributed by atoms with Gasteiger partial charge in [-0.1, -0.05) is 55.7 Å². The van der Waals surface area contributed by atoms with E-state index in [1.54, 1.807) is 29.4 Å². The number of amides is 2. The molecule has 6 heteroatoms. The van der Waals surface area contributed by atoms with Gasteiger partial charge in [-0.15, -0.1) is 11.3 Å². The fourth-order valence-corrected chi connectivity index (χ4v) is 4.68. The molecule has 1 aliphatic rings. The average Bonchev–Trinajstić information content (AvgIpc) is 3.49. The summed E-state index contributed by atoms with van der Waals surface area (Å²) in [6, 6.07) is 16.2. The summed E-state index contributed by atoms with van der Waals surface area (Å²) in [6.45, 7) is 0.320. The van der Waals surface area contributed by atoms with E-state index in [9.17, 15) is 9.59 Å². The monoisotopic (exact) mass is 422 g/mol. The number of carbonyl (C=O) groups is 2. The summed E-state index contributed by atoms with van der Waals surface area (Å²) in [4.78, 5) is 29.1. The Balaban J connectivity index is 1.66. The van der Waals surface area contributed by atoms with Crippen molar-refractivity contribution < 1.29 is 14.0 Å². The number of nitrogens with one attached hydrogen (secondary N) is 1. The number of furan rings is 1. The van der Waals surface area contributed by atoms with Gasteiger partial charge in [0.2, 0.25) is 0 Å². The topological polar surface area (TPSA) is 62.6 Å². The van der Waals surface area contributed by atoms with Crippen molar-refractivity contribution in [2.75, 3.05) is 0 Å². The Morgan fingerprint density at radius 2 is 1.83 bits per heavy atom. The van der Waals surface area contributed by atoms with Crippen molar-refractivity contribution in [3.63, 3.8) is 0 Å². The van der Waals surface area contributed by atoms with E-state index in [0.29, 0.717) is 17.2 Å². The second-order valence-electron chi connectivity index (χ2n) is 7.66. The van der Waals surface area contributed by atoms with Gasteiger partial charge in [-0.05, 0) is 42.0 Å². The number of nitrogens with zero attached hydrogens (tertiary/aromatic N) is 1. The Morgan fingerprint density at radius 1 is 1.03 bits per heavy atom. The highest BCUT2D eigenvalue weighted by Crippen LogP contribution is 2.28. The average molecular weight is 423 g/mol. The molecule has 5 nitrogen and oxygen atoms in total. The van der Waals surface area contributed by atoms with Gasteiger partial charge in [0.15, 0.2) is 6.04 Å². The molecule has 2 amide bonds. The van der Waals surface area contributed by atoms with Crippen molar-refractivity contribution in [1.82, 2.24) is 10.2 Å². The fourth-order valence-electron chi connectivity index (χ4n) is 4.00. The zero-order valence-corrected chi connectivity index (χ0v) is 17.6. The Labute approximate surface area is 180 Å². The van der Waals surface area contributed by atoms with Crippen LogP contribution in [-0.2, 0) is 11.3 Å². The van der Waals surface area contributed by atoms with Gasteiger partial charge >= 0.3 is 0 Å². The van der Waals surface area contributed by atoms with Crippen LogP contribution in [0.1, 0.15) is 59.1 Å². The lowest BCUT2D eigenvalue weighted by molar-refractivity contribution is -0.127. The normalized spacial score (nSPS) is 15.5. The van der Waals surface area contributed by atoms with Crippen LogP contribution in [0.25, 0.3) is 0 Å². The van der Waals surface area contributed by atoms with Gasteiger partial charge in [0, 0.05) is 12.6 Å². The van der Waals surface area contributed by atoms with Gasteiger partial charge in [-0.2, -0.15) is 0 Å². The molecule has 0 spiro atoms. The van der Waals surface area contributed by atoms with Crippen molar-refractivity contribution >= 4 is 23.2 Å². The van der Waals surface area contributed by atoms with Crippen LogP contribution in [0, 0.1) is 0 Å². The van der Waals surface area contributed by atoms with Crippen LogP contribution in [0.5, 0.6) is 0 Å². The number of hydrogen-bond acceptors (Lipinski definition) is 4. The molecule has 1 atom stereocenters. The maximum Gasteiger partial charge on any atom is 0.265 e. The van der Waals surface area contributed by atoms with Crippen LogP contribution < -0.4 is 5.32 Å². The summed E-state index contributed by atoms with van der Waals surface area (Å²) >= 11 is 1.38. The number of carbonyl (C=O) groups excluding carboxylic acids is 2. The van der Waals surface area contributed by atoms with Gasteiger partial charge in [0.1, 0.15) is 5.76 Å². The van der Waals surface area contributed by atoms with Crippen molar-refractivity contribution in [2.24, 2.45) is 0 Å². The Hall–Kier alpha value is -2.86. The van der Waals surface area contributed by atoms with E-state index in [2.05, 4.69) is 5.32 Å². The molecule has 1 N–H and O–H groups in total. The van der Waals surface area contributed by atoms with Crippen molar-refractivity contribution in [3.05, 3.63) is 82.4 Å².